The maximum Gasteiger partial charge on any atom is 0.145 e. The minimum absolute atomic E-state index is 0.136. The Hall–Kier alpha value is -0.690. The first-order valence-corrected chi connectivity index (χ1v) is 7.64. The Bertz CT molecular complexity index is 619. The van der Waals surface area contributed by atoms with Gasteiger partial charge in [-0.25, -0.2) is 4.39 Å². The first-order valence-electron chi connectivity index (χ1n) is 6.18. The van der Waals surface area contributed by atoms with Gasteiger partial charge in [0.05, 0.1) is 11.1 Å². The van der Waals surface area contributed by atoms with Gasteiger partial charge in [0.15, 0.2) is 0 Å². The maximum atomic E-state index is 14.0. The second kappa shape index (κ2) is 6.85. The number of hydrogen-bond acceptors (Lipinski definition) is 2. The van der Waals surface area contributed by atoms with Gasteiger partial charge in [0.1, 0.15) is 5.82 Å². The minimum Gasteiger partial charge on any atom is -0.271 e. The van der Waals surface area contributed by atoms with Crippen LogP contribution in [-0.4, -0.2) is 0 Å². The summed E-state index contributed by atoms with van der Waals surface area (Å²) >= 11 is 8.10. The van der Waals surface area contributed by atoms with Gasteiger partial charge in [-0.05, 0) is 58.7 Å². The monoisotopic (exact) mass is 404 g/mol. The van der Waals surface area contributed by atoms with Gasteiger partial charge in [0, 0.05) is 3.57 Å². The summed E-state index contributed by atoms with van der Waals surface area (Å²) in [5.41, 5.74) is 5.56. The molecule has 0 aliphatic carbocycles. The Kier molecular flexibility index (Phi) is 5.37. The second-order valence-electron chi connectivity index (χ2n) is 4.61. The highest BCUT2D eigenvalue weighted by Crippen LogP contribution is 2.27. The molecule has 20 heavy (non-hydrogen) atoms. The lowest BCUT2D eigenvalue weighted by Crippen LogP contribution is -2.30. The van der Waals surface area contributed by atoms with Crippen molar-refractivity contribution in [3.63, 3.8) is 0 Å². The highest BCUT2D eigenvalue weighted by Gasteiger charge is 2.17. The average Bonchev–Trinajstić information content (AvgIpc) is 2.44. The SMILES string of the molecule is Cc1cccc(C(Cc2cccc(Cl)c2F)NN)c1I. The quantitative estimate of drug-likeness (QED) is 0.457. The average molecular weight is 405 g/mol. The van der Waals surface area contributed by atoms with E-state index in [4.69, 9.17) is 17.4 Å². The highest BCUT2D eigenvalue weighted by atomic mass is 127. The number of aryl methyl sites for hydroxylation is 1. The number of hydrogen-bond donors (Lipinski definition) is 2. The topological polar surface area (TPSA) is 38.0 Å². The molecule has 2 aromatic carbocycles. The third-order valence-corrected chi connectivity index (χ3v) is 5.02. The van der Waals surface area contributed by atoms with Crippen molar-refractivity contribution in [1.29, 1.82) is 0 Å². The summed E-state index contributed by atoms with van der Waals surface area (Å²) in [4.78, 5) is 0. The number of hydrazine groups is 1. The van der Waals surface area contributed by atoms with Gasteiger partial charge in [-0.15, -0.1) is 0 Å². The van der Waals surface area contributed by atoms with E-state index >= 15 is 0 Å². The van der Waals surface area contributed by atoms with Gasteiger partial charge in [-0.2, -0.15) is 0 Å². The van der Waals surface area contributed by atoms with Crippen LogP contribution in [0.25, 0.3) is 0 Å². The summed E-state index contributed by atoms with van der Waals surface area (Å²) < 4.78 is 15.1. The van der Waals surface area contributed by atoms with Crippen LogP contribution in [0.3, 0.4) is 0 Å². The first-order chi connectivity index (χ1) is 9.54. The number of halogens is 3. The number of nitrogens with two attached hydrogens (primary N) is 1. The standard InChI is InChI=1S/C15H15ClFIN2/c1-9-4-2-6-11(15(9)18)13(20-19)8-10-5-3-7-12(16)14(10)17/h2-7,13,20H,8,19H2,1H3. The molecule has 3 N–H and O–H groups in total. The molecule has 1 atom stereocenters. The third-order valence-electron chi connectivity index (χ3n) is 3.25. The summed E-state index contributed by atoms with van der Waals surface area (Å²) in [6.45, 7) is 2.04. The van der Waals surface area contributed by atoms with Crippen LogP contribution in [0.4, 0.5) is 4.39 Å². The smallest absolute Gasteiger partial charge is 0.145 e. The van der Waals surface area contributed by atoms with Gasteiger partial charge in [0.25, 0.3) is 0 Å². The first kappa shape index (κ1) is 15.7. The summed E-state index contributed by atoms with van der Waals surface area (Å²) in [5.74, 6) is 5.27. The lowest BCUT2D eigenvalue weighted by Gasteiger charge is -2.19. The van der Waals surface area contributed by atoms with Crippen LogP contribution in [0.1, 0.15) is 22.7 Å². The molecule has 0 heterocycles. The van der Waals surface area contributed by atoms with E-state index in [0.29, 0.717) is 12.0 Å². The fourth-order valence-corrected chi connectivity index (χ4v) is 3.05. The van der Waals surface area contributed by atoms with Crippen molar-refractivity contribution in [2.45, 2.75) is 19.4 Å². The molecular weight excluding hydrogens is 390 g/mol. The molecule has 0 aliphatic rings. The molecule has 0 bridgehead atoms. The minimum atomic E-state index is -0.378. The van der Waals surface area contributed by atoms with E-state index in [1.165, 1.54) is 5.56 Å². The fourth-order valence-electron chi connectivity index (χ4n) is 2.12. The third kappa shape index (κ3) is 3.31. The predicted molar refractivity (Wildman–Crippen MR) is 89.1 cm³/mol. The van der Waals surface area contributed by atoms with Crippen LogP contribution < -0.4 is 11.3 Å². The molecule has 0 spiro atoms. The van der Waals surface area contributed by atoms with Gasteiger partial charge < -0.3 is 0 Å². The zero-order chi connectivity index (χ0) is 14.7. The molecule has 5 heteroatoms. The van der Waals surface area contributed by atoms with Crippen molar-refractivity contribution in [2.24, 2.45) is 5.84 Å². The van der Waals surface area contributed by atoms with Crippen molar-refractivity contribution in [3.05, 3.63) is 67.5 Å². The molecule has 0 fully saturated rings. The molecule has 106 valence electrons. The molecule has 2 nitrogen and oxygen atoms in total. The number of nitrogens with one attached hydrogen (secondary N) is 1. The van der Waals surface area contributed by atoms with Crippen molar-refractivity contribution >= 4 is 34.2 Å². The van der Waals surface area contributed by atoms with Gasteiger partial charge in [0.2, 0.25) is 0 Å². The van der Waals surface area contributed by atoms with Crippen molar-refractivity contribution in [1.82, 2.24) is 5.43 Å². The summed E-state index contributed by atoms with van der Waals surface area (Å²) in [6, 6.07) is 10.9. The lowest BCUT2D eigenvalue weighted by atomic mass is 9.98. The zero-order valence-corrected chi connectivity index (χ0v) is 13.9. The van der Waals surface area contributed by atoms with Gasteiger partial charge >= 0.3 is 0 Å². The zero-order valence-electron chi connectivity index (χ0n) is 11.0. The van der Waals surface area contributed by atoms with Gasteiger partial charge in [-0.3, -0.25) is 11.3 Å². The Morgan fingerprint density at radius 1 is 1.30 bits per heavy atom. The Balaban J connectivity index is 2.34. The summed E-state index contributed by atoms with van der Waals surface area (Å²) in [5, 5.41) is 0.136. The molecule has 0 amide bonds. The van der Waals surface area contributed by atoms with Crippen molar-refractivity contribution in [3.8, 4) is 0 Å². The molecule has 2 aromatic rings. The number of rotatable bonds is 4. The van der Waals surface area contributed by atoms with Crippen LogP contribution in [-0.2, 0) is 6.42 Å². The van der Waals surface area contributed by atoms with Crippen LogP contribution >= 0.6 is 34.2 Å². The number of benzene rings is 2. The molecular formula is C15H15ClFIN2. The molecule has 0 saturated heterocycles. The fraction of sp³-hybridized carbons (Fsp3) is 0.200. The van der Waals surface area contributed by atoms with E-state index in [1.807, 2.05) is 25.1 Å². The van der Waals surface area contributed by atoms with Crippen molar-refractivity contribution < 1.29 is 4.39 Å². The molecule has 1 unspecified atom stereocenters. The highest BCUT2D eigenvalue weighted by molar-refractivity contribution is 14.1. The molecule has 0 aromatic heterocycles. The molecule has 0 aliphatic heterocycles. The van der Waals surface area contributed by atoms with E-state index in [1.54, 1.807) is 18.2 Å². The Morgan fingerprint density at radius 2 is 2.00 bits per heavy atom. The molecule has 2 rings (SSSR count). The Labute approximate surface area is 136 Å². The van der Waals surface area contributed by atoms with E-state index in [0.717, 1.165) is 9.13 Å². The summed E-state index contributed by atoms with van der Waals surface area (Å²) in [7, 11) is 0. The van der Waals surface area contributed by atoms with Crippen LogP contribution in [0, 0.1) is 16.3 Å². The van der Waals surface area contributed by atoms with Gasteiger partial charge in [-0.1, -0.05) is 41.9 Å². The molecule has 0 radical (unpaired) electrons. The van der Waals surface area contributed by atoms with Crippen LogP contribution in [0.15, 0.2) is 36.4 Å². The predicted octanol–water partition coefficient (Wildman–Crippen LogP) is 4.14. The van der Waals surface area contributed by atoms with Crippen molar-refractivity contribution in [2.75, 3.05) is 0 Å². The van der Waals surface area contributed by atoms with E-state index in [-0.39, 0.29) is 16.9 Å². The van der Waals surface area contributed by atoms with E-state index < -0.39 is 0 Å². The second-order valence-corrected chi connectivity index (χ2v) is 6.10. The van der Waals surface area contributed by atoms with Crippen LogP contribution in [0.5, 0.6) is 0 Å². The maximum absolute atomic E-state index is 14.0. The van der Waals surface area contributed by atoms with E-state index in [9.17, 15) is 4.39 Å². The largest absolute Gasteiger partial charge is 0.271 e. The normalized spacial score (nSPS) is 12.4. The Morgan fingerprint density at radius 3 is 2.70 bits per heavy atom. The lowest BCUT2D eigenvalue weighted by molar-refractivity contribution is 0.527. The molecule has 0 saturated carbocycles. The van der Waals surface area contributed by atoms with Crippen LogP contribution in [0.2, 0.25) is 5.02 Å². The van der Waals surface area contributed by atoms with E-state index in [2.05, 4.69) is 28.0 Å². The summed E-state index contributed by atoms with van der Waals surface area (Å²) in [6.07, 6.45) is 0.447.